The third kappa shape index (κ3) is 3.60. The molecular formula is C17H26N2O. The van der Waals surface area contributed by atoms with Gasteiger partial charge in [-0.15, -0.1) is 0 Å². The number of carbonyl (C=O) groups is 1. The van der Waals surface area contributed by atoms with Crippen molar-refractivity contribution in [2.24, 2.45) is 5.92 Å². The Morgan fingerprint density at radius 2 is 2.15 bits per heavy atom. The molecule has 0 radical (unpaired) electrons. The van der Waals surface area contributed by atoms with Crippen LogP contribution in [-0.4, -0.2) is 36.5 Å². The van der Waals surface area contributed by atoms with Gasteiger partial charge in [0, 0.05) is 24.7 Å². The van der Waals surface area contributed by atoms with Gasteiger partial charge < -0.3 is 10.2 Å². The van der Waals surface area contributed by atoms with E-state index in [2.05, 4.69) is 24.1 Å². The van der Waals surface area contributed by atoms with Crippen LogP contribution < -0.4 is 5.32 Å². The Morgan fingerprint density at radius 1 is 1.40 bits per heavy atom. The van der Waals surface area contributed by atoms with E-state index in [9.17, 15) is 4.79 Å². The van der Waals surface area contributed by atoms with Crippen LogP contribution in [0.4, 0.5) is 0 Å². The number of benzene rings is 1. The van der Waals surface area contributed by atoms with E-state index in [1.807, 2.05) is 31.2 Å². The summed E-state index contributed by atoms with van der Waals surface area (Å²) in [6, 6.07) is 8.21. The molecule has 0 aromatic heterocycles. The van der Waals surface area contributed by atoms with E-state index in [1.54, 1.807) is 0 Å². The Morgan fingerprint density at radius 3 is 2.85 bits per heavy atom. The lowest BCUT2D eigenvalue weighted by atomic mass is 10.0. The smallest absolute Gasteiger partial charge is 0.254 e. The van der Waals surface area contributed by atoms with Crippen molar-refractivity contribution in [1.82, 2.24) is 10.2 Å². The maximum Gasteiger partial charge on any atom is 0.254 e. The first-order chi connectivity index (χ1) is 9.59. The summed E-state index contributed by atoms with van der Waals surface area (Å²) in [5.41, 5.74) is 1.92. The lowest BCUT2D eigenvalue weighted by molar-refractivity contribution is 0.0672. The Kier molecular flexibility index (Phi) is 5.18. The van der Waals surface area contributed by atoms with Crippen molar-refractivity contribution in [3.8, 4) is 0 Å². The van der Waals surface area contributed by atoms with Gasteiger partial charge in [0.25, 0.3) is 5.91 Å². The number of carbonyl (C=O) groups excluding carboxylic acids is 1. The Hall–Kier alpha value is -1.35. The van der Waals surface area contributed by atoms with Gasteiger partial charge in [-0.25, -0.2) is 0 Å². The fourth-order valence-corrected chi connectivity index (χ4v) is 2.93. The van der Waals surface area contributed by atoms with Gasteiger partial charge in [0.1, 0.15) is 0 Å². The Bertz CT molecular complexity index is 456. The first kappa shape index (κ1) is 15.0. The molecule has 110 valence electrons. The summed E-state index contributed by atoms with van der Waals surface area (Å²) in [4.78, 5) is 14.9. The van der Waals surface area contributed by atoms with Gasteiger partial charge in [-0.2, -0.15) is 0 Å². The molecule has 1 unspecified atom stereocenters. The molecule has 1 saturated heterocycles. The fourth-order valence-electron chi connectivity index (χ4n) is 2.93. The molecular weight excluding hydrogens is 248 g/mol. The molecule has 0 aliphatic carbocycles. The van der Waals surface area contributed by atoms with E-state index in [4.69, 9.17) is 0 Å². The average molecular weight is 274 g/mol. The normalized spacial score (nSPS) is 20.0. The largest absolute Gasteiger partial charge is 0.334 e. The SMILES string of the molecule is Cc1ccccc1C(=O)N1CCCNCC1CC(C)C. The number of nitrogens with one attached hydrogen (secondary N) is 1. The molecule has 1 aliphatic heterocycles. The van der Waals surface area contributed by atoms with Crippen molar-refractivity contribution in [2.45, 2.75) is 39.7 Å². The van der Waals surface area contributed by atoms with E-state index in [0.717, 1.165) is 43.6 Å². The van der Waals surface area contributed by atoms with Gasteiger partial charge >= 0.3 is 0 Å². The van der Waals surface area contributed by atoms with E-state index in [1.165, 1.54) is 0 Å². The summed E-state index contributed by atoms with van der Waals surface area (Å²) in [5.74, 6) is 0.796. The molecule has 1 N–H and O–H groups in total. The van der Waals surface area contributed by atoms with Crippen LogP contribution in [-0.2, 0) is 0 Å². The van der Waals surface area contributed by atoms with Gasteiger partial charge in [-0.3, -0.25) is 4.79 Å². The molecule has 1 fully saturated rings. The minimum atomic E-state index is 0.192. The van der Waals surface area contributed by atoms with Crippen molar-refractivity contribution in [3.63, 3.8) is 0 Å². The number of amides is 1. The first-order valence-corrected chi connectivity index (χ1v) is 7.67. The van der Waals surface area contributed by atoms with Crippen molar-refractivity contribution in [3.05, 3.63) is 35.4 Å². The lowest BCUT2D eigenvalue weighted by Gasteiger charge is -2.31. The molecule has 1 aliphatic rings. The highest BCUT2D eigenvalue weighted by Crippen LogP contribution is 2.18. The summed E-state index contributed by atoms with van der Waals surface area (Å²) in [6.07, 6.45) is 2.09. The monoisotopic (exact) mass is 274 g/mol. The second kappa shape index (κ2) is 6.89. The standard InChI is InChI=1S/C17H26N2O/c1-13(2)11-15-12-18-9-6-10-19(15)17(20)16-8-5-4-7-14(16)3/h4-5,7-8,13,15,18H,6,9-12H2,1-3H3. The average Bonchev–Trinajstić information content (AvgIpc) is 2.63. The summed E-state index contributed by atoms with van der Waals surface area (Å²) >= 11 is 0. The Balaban J connectivity index is 2.21. The third-order valence-electron chi connectivity index (χ3n) is 3.95. The van der Waals surface area contributed by atoms with Crippen LogP contribution in [0.1, 0.15) is 42.6 Å². The van der Waals surface area contributed by atoms with Crippen LogP contribution in [0.2, 0.25) is 0 Å². The van der Waals surface area contributed by atoms with Crippen LogP contribution in [0.3, 0.4) is 0 Å². The van der Waals surface area contributed by atoms with E-state index < -0.39 is 0 Å². The molecule has 1 atom stereocenters. The van der Waals surface area contributed by atoms with Crippen LogP contribution in [0.25, 0.3) is 0 Å². The summed E-state index contributed by atoms with van der Waals surface area (Å²) in [6.45, 7) is 9.24. The highest BCUT2D eigenvalue weighted by atomic mass is 16.2. The van der Waals surface area contributed by atoms with Crippen molar-refractivity contribution < 1.29 is 4.79 Å². The molecule has 1 aromatic rings. The van der Waals surface area contributed by atoms with Crippen LogP contribution in [0, 0.1) is 12.8 Å². The van der Waals surface area contributed by atoms with Gasteiger partial charge in [-0.05, 0) is 43.9 Å². The molecule has 0 spiro atoms. The molecule has 20 heavy (non-hydrogen) atoms. The van der Waals surface area contributed by atoms with E-state index in [0.29, 0.717) is 12.0 Å². The molecule has 1 heterocycles. The number of aryl methyl sites for hydroxylation is 1. The molecule has 2 rings (SSSR count). The van der Waals surface area contributed by atoms with Crippen LogP contribution in [0.15, 0.2) is 24.3 Å². The van der Waals surface area contributed by atoms with E-state index >= 15 is 0 Å². The molecule has 3 nitrogen and oxygen atoms in total. The highest BCUT2D eigenvalue weighted by molar-refractivity contribution is 5.95. The summed E-state index contributed by atoms with van der Waals surface area (Å²) < 4.78 is 0. The number of hydrogen-bond donors (Lipinski definition) is 1. The second-order valence-corrected chi connectivity index (χ2v) is 6.15. The van der Waals surface area contributed by atoms with Crippen LogP contribution in [0.5, 0.6) is 0 Å². The number of hydrogen-bond acceptors (Lipinski definition) is 2. The zero-order valence-corrected chi connectivity index (χ0v) is 12.9. The molecule has 1 aromatic carbocycles. The van der Waals surface area contributed by atoms with Gasteiger partial charge in [0.05, 0.1) is 0 Å². The van der Waals surface area contributed by atoms with Crippen molar-refractivity contribution in [2.75, 3.05) is 19.6 Å². The summed E-state index contributed by atoms with van der Waals surface area (Å²) in [5, 5.41) is 3.46. The molecule has 1 amide bonds. The van der Waals surface area contributed by atoms with Crippen molar-refractivity contribution >= 4 is 5.91 Å². The molecule has 3 heteroatoms. The minimum absolute atomic E-state index is 0.192. The Labute approximate surface area is 122 Å². The predicted octanol–water partition coefficient (Wildman–Crippen LogP) is 2.85. The maximum absolute atomic E-state index is 12.9. The fraction of sp³-hybridized carbons (Fsp3) is 0.588. The van der Waals surface area contributed by atoms with Gasteiger partial charge in [0.2, 0.25) is 0 Å². The van der Waals surface area contributed by atoms with Gasteiger partial charge in [-0.1, -0.05) is 32.0 Å². The predicted molar refractivity (Wildman–Crippen MR) is 82.9 cm³/mol. The maximum atomic E-state index is 12.9. The second-order valence-electron chi connectivity index (χ2n) is 6.15. The quantitative estimate of drug-likeness (QED) is 0.919. The zero-order chi connectivity index (χ0) is 14.5. The molecule has 0 bridgehead atoms. The third-order valence-corrected chi connectivity index (χ3v) is 3.95. The highest BCUT2D eigenvalue weighted by Gasteiger charge is 2.27. The topological polar surface area (TPSA) is 32.3 Å². The zero-order valence-electron chi connectivity index (χ0n) is 12.9. The summed E-state index contributed by atoms with van der Waals surface area (Å²) in [7, 11) is 0. The molecule has 0 saturated carbocycles. The number of nitrogens with zero attached hydrogens (tertiary/aromatic N) is 1. The van der Waals surface area contributed by atoms with E-state index in [-0.39, 0.29) is 5.91 Å². The number of rotatable bonds is 3. The van der Waals surface area contributed by atoms with Crippen molar-refractivity contribution in [1.29, 1.82) is 0 Å². The van der Waals surface area contributed by atoms with Gasteiger partial charge in [0.15, 0.2) is 0 Å². The first-order valence-electron chi connectivity index (χ1n) is 7.67. The lowest BCUT2D eigenvalue weighted by Crippen LogP contribution is -2.44. The van der Waals surface area contributed by atoms with Crippen LogP contribution >= 0.6 is 0 Å². The minimum Gasteiger partial charge on any atom is -0.334 e.